The van der Waals surface area contributed by atoms with Crippen molar-refractivity contribution in [1.29, 1.82) is 0 Å². The van der Waals surface area contributed by atoms with Gasteiger partial charge in [-0.3, -0.25) is 9.59 Å². The van der Waals surface area contributed by atoms with E-state index in [-0.39, 0.29) is 40.2 Å². The number of ketones is 2. The smallest absolute Gasteiger partial charge is 0.137 e. The summed E-state index contributed by atoms with van der Waals surface area (Å²) in [6, 6.07) is 0. The second kappa shape index (κ2) is 7.81. The summed E-state index contributed by atoms with van der Waals surface area (Å²) < 4.78 is 0. The fraction of sp³-hybridized carbons (Fsp3) is 0.600. The normalized spacial score (nSPS) is 6.44. The summed E-state index contributed by atoms with van der Waals surface area (Å²) in [6.07, 6.45) is 0.0833. The van der Waals surface area contributed by atoms with E-state index in [4.69, 9.17) is 0 Å². The molecule has 0 fully saturated rings. The topological polar surface area (TPSA) is 65.6 Å². The first kappa shape index (κ1) is 15.9. The van der Waals surface area contributed by atoms with Gasteiger partial charge in [0, 0.05) is 16.8 Å². The molecular weight excluding hydrogens is 167 g/mol. The molecule has 1 radical (unpaired) electrons. The van der Waals surface area contributed by atoms with Crippen LogP contribution in [0.4, 0.5) is 0 Å². The van der Waals surface area contributed by atoms with E-state index in [0.29, 0.717) is 0 Å². The van der Waals surface area contributed by atoms with E-state index in [1.54, 1.807) is 0 Å². The van der Waals surface area contributed by atoms with Crippen LogP contribution in [0.1, 0.15) is 20.3 Å². The molecule has 0 aromatic heterocycles. The minimum atomic E-state index is -0.0625. The van der Waals surface area contributed by atoms with Gasteiger partial charge in [-0.15, -0.1) is 0 Å². The van der Waals surface area contributed by atoms with E-state index >= 15 is 0 Å². The quantitative estimate of drug-likeness (QED) is 0.544. The third-order valence-corrected chi connectivity index (χ3v) is 0.498. The number of carbonyl (C=O) groups excluding carboxylic acids is 2. The molecule has 0 spiro atoms. The largest absolute Gasteiger partial charge is 0.412 e. The van der Waals surface area contributed by atoms with E-state index in [1.165, 1.54) is 13.8 Å². The summed E-state index contributed by atoms with van der Waals surface area (Å²) in [6.45, 7) is 2.81. The van der Waals surface area contributed by atoms with Crippen molar-refractivity contribution in [3.63, 3.8) is 0 Å². The molecule has 0 aliphatic heterocycles. The van der Waals surface area contributed by atoms with Crippen molar-refractivity contribution in [2.24, 2.45) is 0 Å². The van der Waals surface area contributed by atoms with Crippen LogP contribution in [0.5, 0.6) is 0 Å². The Morgan fingerprint density at radius 1 is 1.11 bits per heavy atom. The zero-order chi connectivity index (χ0) is 5.86. The average molecular weight is 177 g/mol. The Labute approximate surface area is 64.3 Å². The van der Waals surface area contributed by atoms with E-state index in [0.717, 1.165) is 0 Å². The second-order valence-electron chi connectivity index (χ2n) is 1.58. The van der Waals surface area contributed by atoms with Crippen LogP contribution < -0.4 is 0 Å². The Balaban J connectivity index is -0.000000180. The fourth-order valence-electron chi connectivity index (χ4n) is 0.351. The maximum atomic E-state index is 10.0. The van der Waals surface area contributed by atoms with Gasteiger partial charge in [-0.2, -0.15) is 0 Å². The minimum Gasteiger partial charge on any atom is -0.412 e. The van der Waals surface area contributed by atoms with Gasteiger partial charge in [-0.05, 0) is 13.8 Å². The standard InChI is InChI=1S/C5H8O2.Co.H2O/c1-4(6)3-5(2)7;;/h3H2,1-2H3;;1H2. The van der Waals surface area contributed by atoms with Crippen LogP contribution in [0.3, 0.4) is 0 Å². The van der Waals surface area contributed by atoms with Crippen LogP contribution >= 0.6 is 0 Å². The van der Waals surface area contributed by atoms with Crippen molar-refractivity contribution in [2.75, 3.05) is 0 Å². The first-order valence-corrected chi connectivity index (χ1v) is 2.12. The maximum absolute atomic E-state index is 10.0. The number of Topliss-reactive ketones (excluding diaryl/α,β-unsaturated/α-hetero) is 2. The van der Waals surface area contributed by atoms with Crippen molar-refractivity contribution in [1.82, 2.24) is 0 Å². The van der Waals surface area contributed by atoms with Gasteiger partial charge in [-0.1, -0.05) is 0 Å². The Kier molecular flexibility index (Phi) is 13.8. The Bertz CT molecular complexity index is 88.4. The van der Waals surface area contributed by atoms with Crippen molar-refractivity contribution >= 4 is 11.6 Å². The van der Waals surface area contributed by atoms with Crippen LogP contribution in [0.15, 0.2) is 0 Å². The SMILES string of the molecule is CC(=O)CC(C)=O.O.[Co]. The summed E-state index contributed by atoms with van der Waals surface area (Å²) in [5.41, 5.74) is 0. The van der Waals surface area contributed by atoms with E-state index in [1.807, 2.05) is 0 Å². The molecule has 0 saturated carbocycles. The third kappa shape index (κ3) is 18.2. The molecule has 4 heteroatoms. The van der Waals surface area contributed by atoms with Crippen LogP contribution in [-0.2, 0) is 26.4 Å². The summed E-state index contributed by atoms with van der Waals surface area (Å²) in [7, 11) is 0. The molecule has 0 heterocycles. The Hall–Kier alpha value is -0.194. The molecule has 2 N–H and O–H groups in total. The molecule has 0 rings (SSSR count). The summed E-state index contributed by atoms with van der Waals surface area (Å²) in [5.74, 6) is -0.125. The molecule has 9 heavy (non-hydrogen) atoms. The zero-order valence-electron chi connectivity index (χ0n) is 5.36. The molecular formula is C5H10CoO3. The molecule has 0 amide bonds. The third-order valence-electron chi connectivity index (χ3n) is 0.498. The summed E-state index contributed by atoms with van der Waals surface area (Å²) in [4.78, 5) is 20.1. The van der Waals surface area contributed by atoms with Gasteiger partial charge in [0.15, 0.2) is 0 Å². The van der Waals surface area contributed by atoms with Crippen molar-refractivity contribution < 1.29 is 31.8 Å². The van der Waals surface area contributed by atoms with Gasteiger partial charge in [0.05, 0.1) is 6.42 Å². The van der Waals surface area contributed by atoms with Crippen molar-refractivity contribution in [3.05, 3.63) is 0 Å². The summed E-state index contributed by atoms with van der Waals surface area (Å²) >= 11 is 0. The predicted molar refractivity (Wildman–Crippen MR) is 29.6 cm³/mol. The Morgan fingerprint density at radius 3 is 1.33 bits per heavy atom. The number of hydrogen-bond donors (Lipinski definition) is 0. The average Bonchev–Trinajstić information content (AvgIpc) is 1.27. The molecule has 0 aliphatic carbocycles. The second-order valence-corrected chi connectivity index (χ2v) is 1.58. The van der Waals surface area contributed by atoms with Crippen molar-refractivity contribution in [2.45, 2.75) is 20.3 Å². The molecule has 0 unspecified atom stereocenters. The van der Waals surface area contributed by atoms with Crippen LogP contribution in [0.2, 0.25) is 0 Å². The number of rotatable bonds is 2. The van der Waals surface area contributed by atoms with E-state index in [9.17, 15) is 9.59 Å². The van der Waals surface area contributed by atoms with E-state index < -0.39 is 0 Å². The first-order valence-electron chi connectivity index (χ1n) is 2.12. The minimum absolute atomic E-state index is 0. The zero-order valence-corrected chi connectivity index (χ0v) is 6.40. The maximum Gasteiger partial charge on any atom is 0.137 e. The van der Waals surface area contributed by atoms with Gasteiger partial charge in [0.25, 0.3) is 0 Å². The van der Waals surface area contributed by atoms with Gasteiger partial charge in [-0.25, -0.2) is 0 Å². The van der Waals surface area contributed by atoms with Crippen molar-refractivity contribution in [3.8, 4) is 0 Å². The van der Waals surface area contributed by atoms with Crippen LogP contribution in [-0.4, -0.2) is 17.0 Å². The molecule has 0 saturated heterocycles. The molecule has 0 aromatic carbocycles. The molecule has 3 nitrogen and oxygen atoms in total. The molecule has 0 aliphatic rings. The monoisotopic (exact) mass is 177 g/mol. The molecule has 57 valence electrons. The van der Waals surface area contributed by atoms with Gasteiger partial charge in [0.2, 0.25) is 0 Å². The number of hydrogen-bond acceptors (Lipinski definition) is 2. The first-order chi connectivity index (χ1) is 3.13. The summed E-state index contributed by atoms with van der Waals surface area (Å²) in [5, 5.41) is 0. The predicted octanol–water partition coefficient (Wildman–Crippen LogP) is -0.273. The van der Waals surface area contributed by atoms with E-state index in [2.05, 4.69) is 0 Å². The molecule has 0 bridgehead atoms. The Morgan fingerprint density at radius 2 is 1.33 bits per heavy atom. The molecule has 0 aromatic rings. The fourth-order valence-corrected chi connectivity index (χ4v) is 0.351. The van der Waals surface area contributed by atoms with Gasteiger partial charge in [0.1, 0.15) is 11.6 Å². The van der Waals surface area contributed by atoms with Crippen LogP contribution in [0.25, 0.3) is 0 Å². The van der Waals surface area contributed by atoms with Gasteiger partial charge >= 0.3 is 0 Å². The van der Waals surface area contributed by atoms with Gasteiger partial charge < -0.3 is 5.48 Å². The molecule has 0 atom stereocenters. The van der Waals surface area contributed by atoms with Crippen LogP contribution in [0, 0.1) is 0 Å². The number of carbonyl (C=O) groups is 2.